The van der Waals surface area contributed by atoms with Crippen molar-refractivity contribution in [3.8, 4) is 17.2 Å². The van der Waals surface area contributed by atoms with E-state index in [9.17, 15) is 18.4 Å². The minimum absolute atomic E-state index is 0.0755. The highest BCUT2D eigenvalue weighted by Gasteiger charge is 2.42. The summed E-state index contributed by atoms with van der Waals surface area (Å²) in [6, 6.07) is 13.7. The van der Waals surface area contributed by atoms with Crippen molar-refractivity contribution in [2.75, 3.05) is 10.6 Å². The predicted octanol–water partition coefficient (Wildman–Crippen LogP) is 5.13. The molecule has 0 spiro atoms. The molecule has 0 bridgehead atoms. The lowest BCUT2D eigenvalue weighted by Gasteiger charge is -2.11. The SMILES string of the molecule is CC1(c2cc(NC(=O)Nc3ccc(Oc4ccnc(C(N)=O)c4)cc3)n(-c3cc(F)cc(F)c3)n2)CC1. The summed E-state index contributed by atoms with van der Waals surface area (Å²) in [5.41, 5.74) is 6.53. The zero-order valence-electron chi connectivity index (χ0n) is 19.7. The smallest absolute Gasteiger partial charge is 0.324 e. The third kappa shape index (κ3) is 5.40. The molecule has 2 heterocycles. The van der Waals surface area contributed by atoms with Crippen LogP contribution in [0.1, 0.15) is 35.9 Å². The standard InChI is InChI=1S/C26H22F2N6O3/c1-26(7-8-26)22-14-23(34(33-22)18-11-15(27)10-16(28)12-18)32-25(36)31-17-2-4-19(5-3-17)37-20-6-9-30-21(13-20)24(29)35/h2-6,9-14H,7-8H2,1H3,(H2,29,35)(H2,31,32,36). The Labute approximate surface area is 210 Å². The monoisotopic (exact) mass is 504 g/mol. The molecule has 0 saturated heterocycles. The summed E-state index contributed by atoms with van der Waals surface area (Å²) in [4.78, 5) is 27.9. The van der Waals surface area contributed by atoms with Crippen molar-refractivity contribution in [2.24, 2.45) is 5.73 Å². The number of rotatable bonds is 7. The molecular formula is C26H22F2N6O3. The van der Waals surface area contributed by atoms with E-state index >= 15 is 0 Å². The van der Waals surface area contributed by atoms with Crippen LogP contribution in [0.4, 0.5) is 25.1 Å². The summed E-state index contributed by atoms with van der Waals surface area (Å²) in [5.74, 6) is -1.06. The molecule has 1 aliphatic rings. The van der Waals surface area contributed by atoms with E-state index in [-0.39, 0.29) is 22.6 Å². The van der Waals surface area contributed by atoms with Crippen LogP contribution in [0.15, 0.2) is 66.9 Å². The summed E-state index contributed by atoms with van der Waals surface area (Å²) < 4.78 is 34.7. The number of carbonyl (C=O) groups is 2. The molecule has 11 heteroatoms. The van der Waals surface area contributed by atoms with Gasteiger partial charge >= 0.3 is 6.03 Å². The van der Waals surface area contributed by atoms with Gasteiger partial charge in [-0.25, -0.2) is 18.3 Å². The van der Waals surface area contributed by atoms with Crippen molar-refractivity contribution in [3.63, 3.8) is 0 Å². The van der Waals surface area contributed by atoms with Gasteiger partial charge in [-0.05, 0) is 55.3 Å². The van der Waals surface area contributed by atoms with Crippen molar-refractivity contribution in [1.82, 2.24) is 14.8 Å². The highest BCUT2D eigenvalue weighted by molar-refractivity contribution is 5.99. The number of carbonyl (C=O) groups excluding carboxylic acids is 2. The highest BCUT2D eigenvalue weighted by atomic mass is 19.1. The number of benzene rings is 2. The van der Waals surface area contributed by atoms with E-state index in [1.54, 1.807) is 36.4 Å². The quantitative estimate of drug-likeness (QED) is 0.322. The number of urea groups is 1. The maximum atomic E-state index is 13.9. The Hall–Kier alpha value is -4.80. The molecule has 4 aromatic rings. The van der Waals surface area contributed by atoms with Crippen LogP contribution in [0.3, 0.4) is 0 Å². The largest absolute Gasteiger partial charge is 0.457 e. The molecule has 2 aromatic carbocycles. The van der Waals surface area contributed by atoms with Crippen LogP contribution in [-0.4, -0.2) is 26.7 Å². The number of hydrogen-bond donors (Lipinski definition) is 3. The molecule has 5 rings (SSSR count). The number of halogens is 2. The van der Waals surface area contributed by atoms with Gasteiger partial charge in [0.2, 0.25) is 0 Å². The van der Waals surface area contributed by atoms with Crippen LogP contribution >= 0.6 is 0 Å². The molecule has 2 aromatic heterocycles. The fraction of sp³-hybridized carbons (Fsp3) is 0.154. The van der Waals surface area contributed by atoms with Gasteiger partial charge < -0.3 is 15.8 Å². The number of anilines is 2. The third-order valence-electron chi connectivity index (χ3n) is 5.99. The summed E-state index contributed by atoms with van der Waals surface area (Å²) in [5, 5.41) is 9.93. The second kappa shape index (κ2) is 9.34. The van der Waals surface area contributed by atoms with Gasteiger partial charge in [0.15, 0.2) is 0 Å². The second-order valence-electron chi connectivity index (χ2n) is 8.96. The number of nitrogens with one attached hydrogen (secondary N) is 2. The molecule has 9 nitrogen and oxygen atoms in total. The van der Waals surface area contributed by atoms with Gasteiger partial charge in [-0.1, -0.05) is 6.92 Å². The van der Waals surface area contributed by atoms with Crippen LogP contribution in [0.25, 0.3) is 5.69 Å². The van der Waals surface area contributed by atoms with Gasteiger partial charge in [0.1, 0.15) is 34.6 Å². The Kier molecular flexibility index (Phi) is 6.04. The van der Waals surface area contributed by atoms with E-state index in [4.69, 9.17) is 10.5 Å². The molecule has 0 atom stereocenters. The van der Waals surface area contributed by atoms with Crippen LogP contribution in [0.2, 0.25) is 0 Å². The minimum atomic E-state index is -0.750. The Morgan fingerprint density at radius 1 is 0.973 bits per heavy atom. The maximum absolute atomic E-state index is 13.9. The molecule has 1 fully saturated rings. The molecule has 0 unspecified atom stereocenters. The molecule has 37 heavy (non-hydrogen) atoms. The van der Waals surface area contributed by atoms with E-state index in [2.05, 4.69) is 20.7 Å². The van der Waals surface area contributed by atoms with Crippen LogP contribution in [-0.2, 0) is 5.41 Å². The van der Waals surface area contributed by atoms with Crippen molar-refractivity contribution < 1.29 is 23.1 Å². The zero-order valence-corrected chi connectivity index (χ0v) is 19.7. The van der Waals surface area contributed by atoms with E-state index in [0.717, 1.165) is 36.7 Å². The lowest BCUT2D eigenvalue weighted by Crippen LogP contribution is -2.21. The van der Waals surface area contributed by atoms with Crippen molar-refractivity contribution in [2.45, 2.75) is 25.2 Å². The predicted molar refractivity (Wildman–Crippen MR) is 132 cm³/mol. The molecule has 3 amide bonds. The van der Waals surface area contributed by atoms with Gasteiger partial charge in [-0.2, -0.15) is 5.10 Å². The Bertz CT molecular complexity index is 1480. The van der Waals surface area contributed by atoms with Crippen molar-refractivity contribution >= 4 is 23.4 Å². The van der Waals surface area contributed by atoms with E-state index in [0.29, 0.717) is 17.2 Å². The van der Waals surface area contributed by atoms with E-state index < -0.39 is 23.6 Å². The summed E-state index contributed by atoms with van der Waals surface area (Å²) in [6.45, 7) is 2.04. The lowest BCUT2D eigenvalue weighted by molar-refractivity contribution is 0.0995. The molecule has 1 saturated carbocycles. The van der Waals surface area contributed by atoms with Gasteiger partial charge in [0.25, 0.3) is 5.91 Å². The van der Waals surface area contributed by atoms with E-state index in [1.807, 2.05) is 6.92 Å². The normalized spacial score (nSPS) is 13.6. The maximum Gasteiger partial charge on any atom is 0.324 e. The van der Waals surface area contributed by atoms with Crippen LogP contribution in [0.5, 0.6) is 11.5 Å². The van der Waals surface area contributed by atoms with Crippen LogP contribution < -0.4 is 21.1 Å². The fourth-order valence-corrected chi connectivity index (χ4v) is 3.70. The Morgan fingerprint density at radius 2 is 1.68 bits per heavy atom. The van der Waals surface area contributed by atoms with E-state index in [1.165, 1.54) is 16.9 Å². The Balaban J connectivity index is 1.30. The van der Waals surface area contributed by atoms with Gasteiger partial charge in [0, 0.05) is 35.5 Å². The number of hydrogen-bond acceptors (Lipinski definition) is 5. The van der Waals surface area contributed by atoms with Crippen molar-refractivity contribution in [3.05, 3.63) is 89.9 Å². The molecule has 4 N–H and O–H groups in total. The molecular weight excluding hydrogens is 482 g/mol. The topological polar surface area (TPSA) is 124 Å². The Morgan fingerprint density at radius 3 is 2.32 bits per heavy atom. The average Bonchev–Trinajstić information content (AvgIpc) is 3.45. The minimum Gasteiger partial charge on any atom is -0.457 e. The molecule has 1 aliphatic carbocycles. The molecule has 188 valence electrons. The van der Waals surface area contributed by atoms with Gasteiger partial charge in [-0.3, -0.25) is 15.1 Å². The first-order valence-electron chi connectivity index (χ1n) is 11.4. The van der Waals surface area contributed by atoms with Gasteiger partial charge in [-0.15, -0.1) is 0 Å². The number of primary amides is 1. The third-order valence-corrected chi connectivity index (χ3v) is 5.99. The van der Waals surface area contributed by atoms with Crippen LogP contribution in [0, 0.1) is 11.6 Å². The molecule has 0 radical (unpaired) electrons. The molecule has 0 aliphatic heterocycles. The summed E-state index contributed by atoms with van der Waals surface area (Å²) in [7, 11) is 0. The lowest BCUT2D eigenvalue weighted by atomic mass is 10.1. The van der Waals surface area contributed by atoms with Gasteiger partial charge in [0.05, 0.1) is 11.4 Å². The number of nitrogens with zero attached hydrogens (tertiary/aromatic N) is 3. The number of nitrogens with two attached hydrogens (primary N) is 1. The first kappa shape index (κ1) is 23.9. The second-order valence-corrected chi connectivity index (χ2v) is 8.96. The first-order valence-corrected chi connectivity index (χ1v) is 11.4. The average molecular weight is 504 g/mol. The van der Waals surface area contributed by atoms with Crippen molar-refractivity contribution in [1.29, 1.82) is 0 Å². The fourth-order valence-electron chi connectivity index (χ4n) is 3.70. The first-order chi connectivity index (χ1) is 17.7. The zero-order chi connectivity index (χ0) is 26.2. The number of amides is 3. The number of pyridine rings is 1. The highest BCUT2D eigenvalue weighted by Crippen LogP contribution is 2.47. The summed E-state index contributed by atoms with van der Waals surface area (Å²) in [6.07, 6.45) is 3.28. The summed E-state index contributed by atoms with van der Waals surface area (Å²) >= 11 is 0. The number of aromatic nitrogens is 3. The number of ether oxygens (including phenoxy) is 1.